The highest BCUT2D eigenvalue weighted by Gasteiger charge is 2.16. The molecule has 3 aromatic rings. The Hall–Kier alpha value is -4.01. The summed E-state index contributed by atoms with van der Waals surface area (Å²) in [5.41, 5.74) is 2.76. The fourth-order valence-corrected chi connectivity index (χ4v) is 2.93. The van der Waals surface area contributed by atoms with Crippen LogP contribution < -0.4 is 15.7 Å². The number of hydrogen-bond acceptors (Lipinski definition) is 6. The average molecular weight is 422 g/mol. The van der Waals surface area contributed by atoms with Crippen LogP contribution in [0.2, 0.25) is 0 Å². The molecule has 160 valence electrons. The highest BCUT2D eigenvalue weighted by Crippen LogP contribution is 2.16. The van der Waals surface area contributed by atoms with Gasteiger partial charge in [0.2, 0.25) is 0 Å². The molecule has 2 aromatic carbocycles. The van der Waals surface area contributed by atoms with Crippen molar-refractivity contribution in [2.75, 3.05) is 6.61 Å². The van der Waals surface area contributed by atoms with E-state index in [-0.39, 0.29) is 11.3 Å². The summed E-state index contributed by atoms with van der Waals surface area (Å²) in [7, 11) is 0. The molecule has 0 saturated carbocycles. The van der Waals surface area contributed by atoms with Crippen molar-refractivity contribution in [1.82, 2.24) is 15.2 Å². The lowest BCUT2D eigenvalue weighted by molar-refractivity contribution is -0.139. The van der Waals surface area contributed by atoms with Crippen molar-refractivity contribution in [2.45, 2.75) is 26.3 Å². The van der Waals surface area contributed by atoms with Crippen LogP contribution in [0.5, 0.6) is 5.75 Å². The second kappa shape index (κ2) is 10.1. The molecule has 31 heavy (non-hydrogen) atoms. The summed E-state index contributed by atoms with van der Waals surface area (Å²) >= 11 is 0. The number of unbranched alkanes of at least 4 members (excludes halogenated alkanes) is 1. The fraction of sp³-hybridized carbons (Fsp3) is 0.227. The van der Waals surface area contributed by atoms with Gasteiger partial charge >= 0.3 is 5.97 Å². The average Bonchev–Trinajstić information content (AvgIpc) is 2.78. The second-order valence-corrected chi connectivity index (χ2v) is 6.70. The molecule has 0 aliphatic carbocycles. The molecule has 0 spiro atoms. The van der Waals surface area contributed by atoms with Crippen molar-refractivity contribution in [1.29, 1.82) is 0 Å². The van der Waals surface area contributed by atoms with E-state index in [2.05, 4.69) is 15.6 Å². The van der Waals surface area contributed by atoms with Crippen molar-refractivity contribution < 1.29 is 19.4 Å². The van der Waals surface area contributed by atoms with E-state index in [0.717, 1.165) is 12.8 Å². The molecule has 1 amide bonds. The van der Waals surface area contributed by atoms with Gasteiger partial charge in [0.1, 0.15) is 5.75 Å². The van der Waals surface area contributed by atoms with Crippen LogP contribution in [0, 0.1) is 0 Å². The summed E-state index contributed by atoms with van der Waals surface area (Å²) in [6.07, 6.45) is 3.00. The van der Waals surface area contributed by atoms with E-state index in [1.54, 1.807) is 48.5 Å². The van der Waals surface area contributed by atoms with Gasteiger partial charge in [-0.05, 0) is 24.6 Å². The molecule has 3 rings (SSSR count). The Bertz CT molecular complexity index is 1190. The van der Waals surface area contributed by atoms with Gasteiger partial charge in [-0.1, -0.05) is 43.7 Å². The maximum Gasteiger partial charge on any atom is 0.341 e. The first-order valence-corrected chi connectivity index (χ1v) is 9.78. The monoisotopic (exact) mass is 422 g/mol. The number of nitrogens with one attached hydrogen (secondary N) is 1. The third-order valence-corrected chi connectivity index (χ3v) is 4.45. The van der Waals surface area contributed by atoms with Gasteiger partial charge in [-0.2, -0.15) is 10.2 Å². The zero-order valence-corrected chi connectivity index (χ0v) is 16.9. The van der Waals surface area contributed by atoms with Crippen LogP contribution in [0.4, 0.5) is 0 Å². The van der Waals surface area contributed by atoms with Crippen LogP contribution in [0.1, 0.15) is 35.8 Å². The van der Waals surface area contributed by atoms with E-state index in [9.17, 15) is 14.4 Å². The number of hydrogen-bond donors (Lipinski definition) is 2. The summed E-state index contributed by atoms with van der Waals surface area (Å²) in [6.45, 7) is 1.93. The normalized spacial score (nSPS) is 11.0. The fourth-order valence-electron chi connectivity index (χ4n) is 2.93. The first-order chi connectivity index (χ1) is 15.0. The van der Waals surface area contributed by atoms with Crippen LogP contribution in [0.15, 0.2) is 58.4 Å². The Kier molecular flexibility index (Phi) is 7.10. The maximum atomic E-state index is 12.8. The van der Waals surface area contributed by atoms with Crippen LogP contribution in [0.25, 0.3) is 10.8 Å². The number of amides is 1. The van der Waals surface area contributed by atoms with Gasteiger partial charge in [-0.3, -0.25) is 9.59 Å². The summed E-state index contributed by atoms with van der Waals surface area (Å²) < 4.78 is 6.52. The largest absolute Gasteiger partial charge is 0.481 e. The molecule has 1 heterocycles. The van der Waals surface area contributed by atoms with Crippen LogP contribution >= 0.6 is 0 Å². The lowest BCUT2D eigenvalue weighted by Crippen LogP contribution is -2.29. The highest BCUT2D eigenvalue weighted by atomic mass is 16.5. The Balaban J connectivity index is 1.85. The predicted octanol–water partition coefficient (Wildman–Crippen LogP) is 2.42. The Morgan fingerprint density at radius 3 is 2.61 bits per heavy atom. The van der Waals surface area contributed by atoms with Crippen molar-refractivity contribution in [2.24, 2.45) is 5.10 Å². The Morgan fingerprint density at radius 2 is 1.87 bits per heavy atom. The van der Waals surface area contributed by atoms with E-state index in [1.165, 1.54) is 10.9 Å². The minimum atomic E-state index is -1.10. The summed E-state index contributed by atoms with van der Waals surface area (Å²) in [5.74, 6) is -1.35. The number of aryl methyl sites for hydroxylation is 1. The van der Waals surface area contributed by atoms with Crippen LogP contribution in [0.3, 0.4) is 0 Å². The molecule has 9 heteroatoms. The predicted molar refractivity (Wildman–Crippen MR) is 116 cm³/mol. The second-order valence-electron chi connectivity index (χ2n) is 6.70. The van der Waals surface area contributed by atoms with Gasteiger partial charge in [-0.15, -0.1) is 0 Å². The van der Waals surface area contributed by atoms with Crippen molar-refractivity contribution in [3.8, 4) is 5.75 Å². The molecule has 0 aliphatic rings. The molecule has 0 bridgehead atoms. The summed E-state index contributed by atoms with van der Waals surface area (Å²) in [5, 5.41) is 17.8. The number of carboxylic acids is 1. The van der Waals surface area contributed by atoms with Crippen LogP contribution in [-0.4, -0.2) is 39.6 Å². The number of carboxylic acid groups (broad SMARTS) is 1. The quantitative estimate of drug-likeness (QED) is 0.403. The first kappa shape index (κ1) is 21.7. The smallest absolute Gasteiger partial charge is 0.341 e. The number of fused-ring (bicyclic) bond motifs is 1. The molecule has 0 saturated heterocycles. The third kappa shape index (κ3) is 5.33. The first-order valence-electron chi connectivity index (χ1n) is 9.78. The number of para-hydroxylation sites is 1. The lowest BCUT2D eigenvalue weighted by atomic mass is 10.1. The van der Waals surface area contributed by atoms with E-state index in [0.29, 0.717) is 28.6 Å². The van der Waals surface area contributed by atoms with E-state index < -0.39 is 18.5 Å². The summed E-state index contributed by atoms with van der Waals surface area (Å²) in [4.78, 5) is 36.1. The number of nitrogens with zero attached hydrogens (tertiary/aromatic N) is 3. The van der Waals surface area contributed by atoms with Gasteiger partial charge in [0.15, 0.2) is 12.3 Å². The number of carbonyl (C=O) groups is 2. The van der Waals surface area contributed by atoms with Gasteiger partial charge < -0.3 is 9.84 Å². The number of rotatable bonds is 9. The molecule has 0 radical (unpaired) electrons. The molecule has 0 fully saturated rings. The number of carbonyl (C=O) groups excluding carboxylic acids is 1. The number of aromatic nitrogens is 2. The van der Waals surface area contributed by atoms with Crippen LogP contribution in [-0.2, 0) is 11.3 Å². The van der Waals surface area contributed by atoms with E-state index in [1.807, 2.05) is 6.92 Å². The molecule has 2 N–H and O–H groups in total. The molecule has 1 aromatic heterocycles. The molecule has 9 nitrogen and oxygen atoms in total. The van der Waals surface area contributed by atoms with Gasteiger partial charge in [0.25, 0.3) is 11.5 Å². The maximum absolute atomic E-state index is 12.8. The zero-order valence-electron chi connectivity index (χ0n) is 16.9. The van der Waals surface area contributed by atoms with Crippen molar-refractivity contribution in [3.05, 3.63) is 70.1 Å². The van der Waals surface area contributed by atoms with E-state index >= 15 is 0 Å². The SMILES string of the molecule is CCCCn1nc(C(=O)N/N=C\c2ccccc2OCC(=O)O)c2ccccc2c1=O. The molecule has 0 unspecified atom stereocenters. The van der Waals surface area contributed by atoms with Crippen molar-refractivity contribution >= 4 is 28.9 Å². The van der Waals surface area contributed by atoms with Gasteiger partial charge in [-0.25, -0.2) is 14.9 Å². The molecule has 0 atom stereocenters. The van der Waals surface area contributed by atoms with E-state index in [4.69, 9.17) is 9.84 Å². The standard InChI is InChI=1S/C22H22N4O5/c1-2-3-12-26-22(30)17-10-6-5-9-16(17)20(25-26)21(29)24-23-13-15-8-4-7-11-18(15)31-14-19(27)28/h4-11,13H,2-3,12,14H2,1H3,(H,24,29)(H,27,28)/b23-13-. The summed E-state index contributed by atoms with van der Waals surface area (Å²) in [6, 6.07) is 13.5. The minimum absolute atomic E-state index is 0.0962. The van der Waals surface area contributed by atoms with Gasteiger partial charge in [0, 0.05) is 17.5 Å². The number of benzene rings is 2. The number of hydrazone groups is 1. The topological polar surface area (TPSA) is 123 Å². The Labute approximate surface area is 178 Å². The number of aliphatic carboxylic acids is 1. The molecule has 0 aliphatic heterocycles. The van der Waals surface area contributed by atoms with Crippen molar-refractivity contribution in [3.63, 3.8) is 0 Å². The molecular formula is C22H22N4O5. The number of ether oxygens (including phenoxy) is 1. The molecular weight excluding hydrogens is 400 g/mol. The highest BCUT2D eigenvalue weighted by molar-refractivity contribution is 6.05. The van der Waals surface area contributed by atoms with Gasteiger partial charge in [0.05, 0.1) is 11.6 Å². The minimum Gasteiger partial charge on any atom is -0.481 e. The Morgan fingerprint density at radius 1 is 1.16 bits per heavy atom. The zero-order chi connectivity index (χ0) is 22.2. The third-order valence-electron chi connectivity index (χ3n) is 4.45. The lowest BCUT2D eigenvalue weighted by Gasteiger charge is -2.10.